The Morgan fingerprint density at radius 2 is 2.06 bits per heavy atom. The highest BCUT2D eigenvalue weighted by Crippen LogP contribution is 2.63. The average Bonchev–Trinajstić information content (AvgIpc) is 2.72. The minimum Gasteiger partial charge on any atom is -0.481 e. The largest absolute Gasteiger partial charge is 0.481 e. The molecular weight excluding hydrogens is 200 g/mol. The molecule has 0 spiro atoms. The van der Waals surface area contributed by atoms with Crippen molar-refractivity contribution in [1.82, 2.24) is 0 Å². The highest BCUT2D eigenvalue weighted by Gasteiger charge is 2.60. The van der Waals surface area contributed by atoms with Crippen LogP contribution < -0.4 is 0 Å². The van der Waals surface area contributed by atoms with Crippen molar-refractivity contribution in [2.75, 3.05) is 0 Å². The Morgan fingerprint density at radius 1 is 1.38 bits per heavy atom. The molecular formula is C14H16O2. The van der Waals surface area contributed by atoms with Gasteiger partial charge in [-0.1, -0.05) is 24.3 Å². The minimum absolute atomic E-state index is 0.0398. The maximum Gasteiger partial charge on any atom is 0.307 e. The Morgan fingerprint density at radius 3 is 2.69 bits per heavy atom. The first kappa shape index (κ1) is 9.88. The zero-order valence-corrected chi connectivity index (χ0v) is 9.44. The monoisotopic (exact) mass is 216 g/mol. The minimum atomic E-state index is -0.608. The molecule has 1 N–H and O–H groups in total. The van der Waals surface area contributed by atoms with Crippen LogP contribution in [0.2, 0.25) is 0 Å². The van der Waals surface area contributed by atoms with Gasteiger partial charge in [-0.05, 0) is 43.2 Å². The van der Waals surface area contributed by atoms with Gasteiger partial charge in [0.25, 0.3) is 0 Å². The van der Waals surface area contributed by atoms with E-state index in [-0.39, 0.29) is 11.3 Å². The van der Waals surface area contributed by atoms with Crippen molar-refractivity contribution in [3.8, 4) is 0 Å². The summed E-state index contributed by atoms with van der Waals surface area (Å²) in [5.41, 5.74) is 2.48. The highest BCUT2D eigenvalue weighted by atomic mass is 16.4. The van der Waals surface area contributed by atoms with Gasteiger partial charge in [0.05, 0.1) is 5.92 Å². The lowest BCUT2D eigenvalue weighted by Crippen LogP contribution is -2.40. The van der Waals surface area contributed by atoms with E-state index in [4.69, 9.17) is 0 Å². The first-order chi connectivity index (χ1) is 7.63. The Labute approximate surface area is 95.3 Å². The maximum atomic E-state index is 11.3. The van der Waals surface area contributed by atoms with Crippen molar-refractivity contribution in [3.63, 3.8) is 0 Å². The number of fused-ring (bicyclic) bond motifs is 1. The number of aliphatic carboxylic acids is 1. The third-order valence-corrected chi connectivity index (χ3v) is 4.52. The van der Waals surface area contributed by atoms with Crippen molar-refractivity contribution in [2.45, 2.75) is 31.6 Å². The van der Waals surface area contributed by atoms with Gasteiger partial charge in [0, 0.05) is 5.41 Å². The summed E-state index contributed by atoms with van der Waals surface area (Å²) in [5.74, 6) is -0.109. The van der Waals surface area contributed by atoms with Gasteiger partial charge < -0.3 is 5.11 Å². The summed E-state index contributed by atoms with van der Waals surface area (Å²) < 4.78 is 0. The van der Waals surface area contributed by atoms with Gasteiger partial charge in [-0.2, -0.15) is 0 Å². The zero-order chi connectivity index (χ0) is 11.3. The summed E-state index contributed by atoms with van der Waals surface area (Å²) in [6, 6.07) is 8.26. The first-order valence-corrected chi connectivity index (χ1v) is 5.92. The predicted molar refractivity (Wildman–Crippen MR) is 61.3 cm³/mol. The number of rotatable bonds is 2. The molecule has 0 aliphatic heterocycles. The number of carbonyl (C=O) groups is 1. The van der Waals surface area contributed by atoms with Gasteiger partial charge in [-0.25, -0.2) is 0 Å². The van der Waals surface area contributed by atoms with E-state index in [2.05, 4.69) is 19.1 Å². The van der Waals surface area contributed by atoms with E-state index in [0.29, 0.717) is 5.92 Å². The van der Waals surface area contributed by atoms with Crippen molar-refractivity contribution in [1.29, 1.82) is 0 Å². The van der Waals surface area contributed by atoms with E-state index in [9.17, 15) is 9.90 Å². The fraction of sp³-hybridized carbons (Fsp3) is 0.500. The third kappa shape index (κ3) is 1.10. The second kappa shape index (κ2) is 3.09. The molecule has 2 bridgehead atoms. The number of hydrogen-bond donors (Lipinski definition) is 1. The standard InChI is InChI=1S/C14H16O2/c1-9-4-2-3-5-11(9)14-7-10(8-14)6-12(14)13(15)16/h2-5,10,12H,6-8H2,1H3,(H,15,16). The lowest BCUT2D eigenvalue weighted by molar-refractivity contribution is -0.143. The van der Waals surface area contributed by atoms with Gasteiger partial charge in [-0.3, -0.25) is 4.79 Å². The molecule has 3 saturated carbocycles. The van der Waals surface area contributed by atoms with Crippen LogP contribution in [0.15, 0.2) is 24.3 Å². The molecule has 0 aromatic heterocycles. The van der Waals surface area contributed by atoms with E-state index in [1.54, 1.807) is 0 Å². The molecule has 2 nitrogen and oxygen atoms in total. The van der Waals surface area contributed by atoms with E-state index in [1.165, 1.54) is 11.1 Å². The lowest BCUT2D eigenvalue weighted by Gasteiger charge is -2.42. The van der Waals surface area contributed by atoms with Crippen LogP contribution in [0.5, 0.6) is 0 Å². The first-order valence-electron chi connectivity index (χ1n) is 5.92. The molecule has 2 heteroatoms. The molecule has 1 aromatic carbocycles. The van der Waals surface area contributed by atoms with Crippen LogP contribution in [-0.4, -0.2) is 11.1 Å². The van der Waals surface area contributed by atoms with Gasteiger partial charge >= 0.3 is 5.97 Å². The summed E-state index contributed by atoms with van der Waals surface area (Å²) >= 11 is 0. The van der Waals surface area contributed by atoms with E-state index < -0.39 is 5.97 Å². The Hall–Kier alpha value is -1.31. The van der Waals surface area contributed by atoms with Crippen molar-refractivity contribution in [2.24, 2.45) is 11.8 Å². The van der Waals surface area contributed by atoms with Crippen LogP contribution in [0.3, 0.4) is 0 Å². The molecule has 0 heterocycles. The topological polar surface area (TPSA) is 37.3 Å². The fourth-order valence-electron chi connectivity index (χ4n) is 3.86. The number of aryl methyl sites for hydroxylation is 1. The van der Waals surface area contributed by atoms with Crippen LogP contribution >= 0.6 is 0 Å². The average molecular weight is 216 g/mol. The molecule has 3 fully saturated rings. The Kier molecular flexibility index (Phi) is 1.91. The molecule has 4 rings (SSSR count). The molecule has 1 atom stereocenters. The van der Waals surface area contributed by atoms with Crippen LogP contribution in [-0.2, 0) is 10.2 Å². The summed E-state index contributed by atoms with van der Waals surface area (Å²) in [7, 11) is 0. The zero-order valence-electron chi connectivity index (χ0n) is 9.44. The maximum absolute atomic E-state index is 11.3. The fourth-order valence-corrected chi connectivity index (χ4v) is 3.86. The van der Waals surface area contributed by atoms with Gasteiger partial charge in [0.2, 0.25) is 0 Å². The predicted octanol–water partition coefficient (Wildman–Crippen LogP) is 2.75. The molecule has 1 unspecified atom stereocenters. The lowest BCUT2D eigenvalue weighted by atomic mass is 9.61. The van der Waals surface area contributed by atoms with E-state index in [1.807, 2.05) is 12.1 Å². The molecule has 0 radical (unpaired) electrons. The molecule has 3 aliphatic rings. The second-order valence-electron chi connectivity index (χ2n) is 5.37. The summed E-state index contributed by atoms with van der Waals surface area (Å²) in [4.78, 5) is 11.3. The molecule has 3 aliphatic carbocycles. The highest BCUT2D eigenvalue weighted by molar-refractivity contribution is 5.74. The number of carboxylic acids is 1. The third-order valence-electron chi connectivity index (χ3n) is 4.52. The molecule has 84 valence electrons. The summed E-state index contributed by atoms with van der Waals surface area (Å²) in [6.45, 7) is 2.09. The number of benzene rings is 1. The second-order valence-corrected chi connectivity index (χ2v) is 5.37. The quantitative estimate of drug-likeness (QED) is 0.825. The smallest absolute Gasteiger partial charge is 0.307 e. The Bertz CT molecular complexity index is 444. The van der Waals surface area contributed by atoms with Gasteiger partial charge in [-0.15, -0.1) is 0 Å². The van der Waals surface area contributed by atoms with Crippen molar-refractivity contribution < 1.29 is 9.90 Å². The van der Waals surface area contributed by atoms with Crippen LogP contribution in [0.1, 0.15) is 30.4 Å². The Balaban J connectivity index is 2.06. The van der Waals surface area contributed by atoms with Crippen molar-refractivity contribution in [3.05, 3.63) is 35.4 Å². The SMILES string of the molecule is Cc1ccccc1C12CC(CC1C(=O)O)C2. The normalized spacial score (nSPS) is 35.8. The molecule has 1 aromatic rings. The van der Waals surface area contributed by atoms with E-state index in [0.717, 1.165) is 19.3 Å². The molecule has 16 heavy (non-hydrogen) atoms. The number of carboxylic acid groups (broad SMARTS) is 1. The van der Waals surface area contributed by atoms with Gasteiger partial charge in [0.1, 0.15) is 0 Å². The van der Waals surface area contributed by atoms with Crippen molar-refractivity contribution >= 4 is 5.97 Å². The van der Waals surface area contributed by atoms with Gasteiger partial charge in [0.15, 0.2) is 0 Å². The van der Waals surface area contributed by atoms with Crippen LogP contribution in [0.4, 0.5) is 0 Å². The summed E-state index contributed by atoms with van der Waals surface area (Å²) in [6.07, 6.45) is 3.04. The van der Waals surface area contributed by atoms with Crippen LogP contribution in [0, 0.1) is 18.8 Å². The van der Waals surface area contributed by atoms with E-state index >= 15 is 0 Å². The molecule has 0 saturated heterocycles. The number of hydrogen-bond acceptors (Lipinski definition) is 1. The molecule has 0 amide bonds. The van der Waals surface area contributed by atoms with Crippen LogP contribution in [0.25, 0.3) is 0 Å². The summed E-state index contributed by atoms with van der Waals surface area (Å²) in [5, 5.41) is 9.33.